The molecule has 1 heterocycles. The summed E-state index contributed by atoms with van der Waals surface area (Å²) in [5.41, 5.74) is 9.83. The van der Waals surface area contributed by atoms with Crippen LogP contribution in [0.25, 0.3) is 0 Å². The van der Waals surface area contributed by atoms with Crippen LogP contribution in [0.1, 0.15) is 29.7 Å². The van der Waals surface area contributed by atoms with Crippen molar-refractivity contribution >= 4 is 0 Å². The molecule has 0 aliphatic carbocycles. The molecule has 2 N–H and O–H groups in total. The summed E-state index contributed by atoms with van der Waals surface area (Å²) < 4.78 is 5.57. The number of hydrogen-bond acceptors (Lipinski definition) is 2. The Morgan fingerprint density at radius 3 is 3.00 bits per heavy atom. The maximum Gasteiger partial charge on any atom is 0.0744 e. The zero-order valence-corrected chi connectivity index (χ0v) is 8.08. The van der Waals surface area contributed by atoms with E-state index >= 15 is 0 Å². The molecule has 0 spiro atoms. The number of nitrogens with two attached hydrogens (primary N) is 1. The largest absolute Gasteiger partial charge is 0.372 e. The molecule has 1 aliphatic heterocycles. The van der Waals surface area contributed by atoms with Gasteiger partial charge in [-0.3, -0.25) is 0 Å². The van der Waals surface area contributed by atoms with E-state index in [1.54, 1.807) is 0 Å². The minimum absolute atomic E-state index is 0.0312. The van der Waals surface area contributed by atoms with E-state index in [-0.39, 0.29) is 12.1 Å². The minimum Gasteiger partial charge on any atom is -0.372 e. The van der Waals surface area contributed by atoms with Crippen LogP contribution in [0.4, 0.5) is 0 Å². The van der Waals surface area contributed by atoms with Gasteiger partial charge in [0, 0.05) is 0 Å². The lowest BCUT2D eigenvalue weighted by Crippen LogP contribution is -2.31. The molecule has 1 aromatic carbocycles. The fourth-order valence-electron chi connectivity index (χ4n) is 1.81. The maximum atomic E-state index is 6.03. The quantitative estimate of drug-likeness (QED) is 0.657. The van der Waals surface area contributed by atoms with Crippen molar-refractivity contribution in [2.24, 2.45) is 5.73 Å². The molecule has 0 saturated carbocycles. The van der Waals surface area contributed by atoms with Gasteiger partial charge in [-0.2, -0.15) is 0 Å². The second-order valence-corrected chi connectivity index (χ2v) is 3.68. The first-order chi connectivity index (χ1) is 6.20. The van der Waals surface area contributed by atoms with Gasteiger partial charge in [-0.05, 0) is 30.5 Å². The standard InChI is InChI=1S/C11H15NO/c1-7-4-3-5-9-10(7)6-13-8(2)11(9)12/h3-5,8,11H,6,12H2,1-2H3/t8-,11-/m1/s1. The molecule has 0 radical (unpaired) electrons. The summed E-state index contributed by atoms with van der Waals surface area (Å²) in [7, 11) is 0. The van der Waals surface area contributed by atoms with Crippen molar-refractivity contribution in [3.05, 3.63) is 34.9 Å². The molecule has 1 aliphatic rings. The maximum absolute atomic E-state index is 6.03. The third-order valence-corrected chi connectivity index (χ3v) is 2.80. The van der Waals surface area contributed by atoms with Crippen LogP contribution in [0.3, 0.4) is 0 Å². The molecule has 70 valence electrons. The van der Waals surface area contributed by atoms with Gasteiger partial charge in [-0.1, -0.05) is 18.2 Å². The van der Waals surface area contributed by atoms with E-state index in [1.165, 1.54) is 16.7 Å². The Bertz CT molecular complexity index is 322. The molecule has 0 aromatic heterocycles. The molecule has 2 rings (SSSR count). The Morgan fingerprint density at radius 2 is 2.23 bits per heavy atom. The topological polar surface area (TPSA) is 35.2 Å². The van der Waals surface area contributed by atoms with Gasteiger partial charge in [0.2, 0.25) is 0 Å². The molecule has 0 fully saturated rings. The lowest BCUT2D eigenvalue weighted by Gasteiger charge is -2.29. The van der Waals surface area contributed by atoms with Crippen molar-refractivity contribution in [3.8, 4) is 0 Å². The molecule has 2 nitrogen and oxygen atoms in total. The van der Waals surface area contributed by atoms with Gasteiger partial charge >= 0.3 is 0 Å². The van der Waals surface area contributed by atoms with Gasteiger partial charge in [-0.25, -0.2) is 0 Å². The Balaban J connectivity index is 2.49. The van der Waals surface area contributed by atoms with E-state index in [0.717, 1.165) is 0 Å². The Labute approximate surface area is 78.7 Å². The highest BCUT2D eigenvalue weighted by molar-refractivity contribution is 5.37. The fourth-order valence-corrected chi connectivity index (χ4v) is 1.81. The Kier molecular flexibility index (Phi) is 2.10. The van der Waals surface area contributed by atoms with Crippen LogP contribution in [0, 0.1) is 6.92 Å². The monoisotopic (exact) mass is 177 g/mol. The van der Waals surface area contributed by atoms with Crippen LogP contribution < -0.4 is 5.73 Å². The highest BCUT2D eigenvalue weighted by Crippen LogP contribution is 2.29. The fraction of sp³-hybridized carbons (Fsp3) is 0.455. The van der Waals surface area contributed by atoms with E-state index in [2.05, 4.69) is 25.1 Å². The second-order valence-electron chi connectivity index (χ2n) is 3.68. The third kappa shape index (κ3) is 1.36. The molecule has 0 bridgehead atoms. The molecular weight excluding hydrogens is 162 g/mol. The second kappa shape index (κ2) is 3.13. The summed E-state index contributed by atoms with van der Waals surface area (Å²) in [6.45, 7) is 4.83. The first kappa shape index (κ1) is 8.73. The van der Waals surface area contributed by atoms with Crippen molar-refractivity contribution in [3.63, 3.8) is 0 Å². The number of ether oxygens (including phenoxy) is 1. The van der Waals surface area contributed by atoms with Crippen LogP contribution in [-0.4, -0.2) is 6.10 Å². The van der Waals surface area contributed by atoms with E-state index in [9.17, 15) is 0 Å². The number of hydrogen-bond donors (Lipinski definition) is 1. The number of fused-ring (bicyclic) bond motifs is 1. The molecular formula is C11H15NO. The molecule has 0 saturated heterocycles. The van der Waals surface area contributed by atoms with Gasteiger partial charge in [-0.15, -0.1) is 0 Å². The van der Waals surface area contributed by atoms with Gasteiger partial charge in [0.05, 0.1) is 18.8 Å². The van der Waals surface area contributed by atoms with E-state index < -0.39 is 0 Å². The zero-order valence-electron chi connectivity index (χ0n) is 8.08. The number of aryl methyl sites for hydroxylation is 1. The highest BCUT2D eigenvalue weighted by Gasteiger charge is 2.24. The van der Waals surface area contributed by atoms with Crippen molar-refractivity contribution in [2.45, 2.75) is 32.6 Å². The molecule has 13 heavy (non-hydrogen) atoms. The van der Waals surface area contributed by atoms with Crippen LogP contribution in [0.5, 0.6) is 0 Å². The average molecular weight is 177 g/mol. The molecule has 0 unspecified atom stereocenters. The lowest BCUT2D eigenvalue weighted by atomic mass is 9.92. The van der Waals surface area contributed by atoms with Crippen molar-refractivity contribution < 1.29 is 4.74 Å². The number of benzene rings is 1. The van der Waals surface area contributed by atoms with Crippen LogP contribution in [-0.2, 0) is 11.3 Å². The molecule has 2 heteroatoms. The first-order valence-corrected chi connectivity index (χ1v) is 4.65. The van der Waals surface area contributed by atoms with Gasteiger partial charge in [0.25, 0.3) is 0 Å². The Morgan fingerprint density at radius 1 is 1.46 bits per heavy atom. The SMILES string of the molecule is Cc1cccc2c1CO[C@H](C)[C@H]2N. The van der Waals surface area contributed by atoms with E-state index in [0.29, 0.717) is 6.61 Å². The summed E-state index contributed by atoms with van der Waals surface area (Å²) in [5.74, 6) is 0. The molecule has 0 amide bonds. The summed E-state index contributed by atoms with van der Waals surface area (Å²) in [6, 6.07) is 6.30. The van der Waals surface area contributed by atoms with E-state index in [4.69, 9.17) is 10.5 Å². The van der Waals surface area contributed by atoms with Crippen molar-refractivity contribution in [2.75, 3.05) is 0 Å². The van der Waals surface area contributed by atoms with Crippen LogP contribution in [0.2, 0.25) is 0 Å². The average Bonchev–Trinajstić information content (AvgIpc) is 2.12. The van der Waals surface area contributed by atoms with Gasteiger partial charge in [0.15, 0.2) is 0 Å². The van der Waals surface area contributed by atoms with Gasteiger partial charge < -0.3 is 10.5 Å². The summed E-state index contributed by atoms with van der Waals surface area (Å²) in [5, 5.41) is 0. The number of rotatable bonds is 0. The Hall–Kier alpha value is -0.860. The predicted octanol–water partition coefficient (Wildman–Crippen LogP) is 1.91. The van der Waals surface area contributed by atoms with Crippen LogP contribution in [0.15, 0.2) is 18.2 Å². The normalized spacial score (nSPS) is 27.0. The molecule has 2 atom stereocenters. The van der Waals surface area contributed by atoms with Crippen molar-refractivity contribution in [1.29, 1.82) is 0 Å². The van der Waals surface area contributed by atoms with Gasteiger partial charge in [0.1, 0.15) is 0 Å². The lowest BCUT2D eigenvalue weighted by molar-refractivity contribution is 0.0210. The summed E-state index contributed by atoms with van der Waals surface area (Å²) >= 11 is 0. The van der Waals surface area contributed by atoms with Crippen molar-refractivity contribution in [1.82, 2.24) is 0 Å². The van der Waals surface area contributed by atoms with E-state index in [1.807, 2.05) is 6.92 Å². The predicted molar refractivity (Wildman–Crippen MR) is 52.4 cm³/mol. The molecule has 1 aromatic rings. The minimum atomic E-state index is 0.0312. The summed E-state index contributed by atoms with van der Waals surface area (Å²) in [4.78, 5) is 0. The summed E-state index contributed by atoms with van der Waals surface area (Å²) in [6.07, 6.45) is 0.134. The smallest absolute Gasteiger partial charge is 0.0744 e. The first-order valence-electron chi connectivity index (χ1n) is 4.65. The highest BCUT2D eigenvalue weighted by atomic mass is 16.5. The zero-order chi connectivity index (χ0) is 9.42. The van der Waals surface area contributed by atoms with Crippen LogP contribution >= 0.6 is 0 Å². The third-order valence-electron chi connectivity index (χ3n) is 2.80.